The Bertz CT molecular complexity index is 693. The van der Waals surface area contributed by atoms with Crippen molar-refractivity contribution in [1.29, 1.82) is 0 Å². The smallest absolute Gasteiger partial charge is 0.316 e. The minimum absolute atomic E-state index is 0.0335. The molecule has 0 aromatic heterocycles. The normalized spacial score (nSPS) is 12.7. The number of fused-ring (bicyclic) bond motifs is 1. The SMILES string of the molecule is NC(=O)Nc1ccc(-c2cccc3c2CNC3=O)cc1. The number of hydrogen-bond acceptors (Lipinski definition) is 2. The Hall–Kier alpha value is -2.82. The fourth-order valence-corrected chi connectivity index (χ4v) is 2.40. The Balaban J connectivity index is 1.98. The molecule has 4 N–H and O–H groups in total. The van der Waals surface area contributed by atoms with Gasteiger partial charge in [0, 0.05) is 17.8 Å². The zero-order chi connectivity index (χ0) is 14.1. The van der Waals surface area contributed by atoms with E-state index in [0.29, 0.717) is 12.2 Å². The fourth-order valence-electron chi connectivity index (χ4n) is 2.40. The van der Waals surface area contributed by atoms with Crippen molar-refractivity contribution in [2.75, 3.05) is 5.32 Å². The average molecular weight is 267 g/mol. The lowest BCUT2D eigenvalue weighted by molar-refractivity contribution is 0.0965. The van der Waals surface area contributed by atoms with Crippen molar-refractivity contribution < 1.29 is 9.59 Å². The Kier molecular flexibility index (Phi) is 2.87. The molecule has 2 aromatic carbocycles. The first kappa shape index (κ1) is 12.2. The van der Waals surface area contributed by atoms with Crippen LogP contribution in [0.25, 0.3) is 11.1 Å². The standard InChI is InChI=1S/C15H13N3O2/c16-15(20)18-10-6-4-9(5-7-10)11-2-1-3-12-13(11)8-17-14(12)19/h1-7H,8H2,(H,17,19)(H3,16,18,20). The number of carbonyl (C=O) groups is 2. The predicted octanol–water partition coefficient (Wildman–Crippen LogP) is 2.09. The molecule has 3 amide bonds. The number of amides is 3. The van der Waals surface area contributed by atoms with Crippen molar-refractivity contribution in [1.82, 2.24) is 5.32 Å². The van der Waals surface area contributed by atoms with Crippen LogP contribution in [0.5, 0.6) is 0 Å². The number of nitrogens with one attached hydrogen (secondary N) is 2. The number of benzene rings is 2. The Morgan fingerprint density at radius 2 is 1.80 bits per heavy atom. The highest BCUT2D eigenvalue weighted by atomic mass is 16.2. The van der Waals surface area contributed by atoms with Crippen LogP contribution in [0.2, 0.25) is 0 Å². The number of anilines is 1. The predicted molar refractivity (Wildman–Crippen MR) is 76.3 cm³/mol. The van der Waals surface area contributed by atoms with Crippen LogP contribution in [0.3, 0.4) is 0 Å². The van der Waals surface area contributed by atoms with Crippen LogP contribution in [0.15, 0.2) is 42.5 Å². The van der Waals surface area contributed by atoms with Crippen LogP contribution < -0.4 is 16.4 Å². The van der Waals surface area contributed by atoms with Crippen molar-refractivity contribution in [3.8, 4) is 11.1 Å². The summed E-state index contributed by atoms with van der Waals surface area (Å²) >= 11 is 0. The molecule has 0 spiro atoms. The van der Waals surface area contributed by atoms with E-state index in [1.807, 2.05) is 30.3 Å². The van der Waals surface area contributed by atoms with Gasteiger partial charge in [-0.15, -0.1) is 0 Å². The van der Waals surface area contributed by atoms with Crippen molar-refractivity contribution in [3.63, 3.8) is 0 Å². The van der Waals surface area contributed by atoms with Gasteiger partial charge < -0.3 is 16.4 Å². The van der Waals surface area contributed by atoms with Crippen LogP contribution in [0, 0.1) is 0 Å². The molecule has 5 heteroatoms. The Labute approximate surface area is 115 Å². The summed E-state index contributed by atoms with van der Waals surface area (Å²) in [4.78, 5) is 22.4. The summed E-state index contributed by atoms with van der Waals surface area (Å²) in [5.74, 6) is -0.0335. The van der Waals surface area contributed by atoms with Gasteiger partial charge in [-0.3, -0.25) is 4.79 Å². The van der Waals surface area contributed by atoms with E-state index in [1.165, 1.54) is 0 Å². The van der Waals surface area contributed by atoms with Gasteiger partial charge in [0.05, 0.1) is 0 Å². The first-order valence-electron chi connectivity index (χ1n) is 6.22. The van der Waals surface area contributed by atoms with Gasteiger partial charge in [0.15, 0.2) is 0 Å². The molecule has 3 rings (SSSR count). The molecule has 0 unspecified atom stereocenters. The van der Waals surface area contributed by atoms with Crippen molar-refractivity contribution >= 4 is 17.6 Å². The maximum absolute atomic E-state index is 11.7. The molecule has 100 valence electrons. The highest BCUT2D eigenvalue weighted by Crippen LogP contribution is 2.29. The molecule has 2 aromatic rings. The largest absolute Gasteiger partial charge is 0.351 e. The molecule has 20 heavy (non-hydrogen) atoms. The van der Waals surface area contributed by atoms with E-state index in [1.54, 1.807) is 12.1 Å². The van der Waals surface area contributed by atoms with Gasteiger partial charge in [-0.05, 0) is 34.9 Å². The number of urea groups is 1. The van der Waals surface area contributed by atoms with E-state index in [0.717, 1.165) is 22.3 Å². The van der Waals surface area contributed by atoms with Crippen molar-refractivity contribution in [2.24, 2.45) is 5.73 Å². The topological polar surface area (TPSA) is 84.2 Å². The van der Waals surface area contributed by atoms with E-state index in [9.17, 15) is 9.59 Å². The van der Waals surface area contributed by atoms with E-state index < -0.39 is 6.03 Å². The average Bonchev–Trinajstić information content (AvgIpc) is 2.81. The van der Waals surface area contributed by atoms with E-state index in [4.69, 9.17) is 5.73 Å². The highest BCUT2D eigenvalue weighted by molar-refractivity contribution is 6.00. The molecule has 0 aliphatic carbocycles. The van der Waals surface area contributed by atoms with Crippen LogP contribution in [-0.4, -0.2) is 11.9 Å². The van der Waals surface area contributed by atoms with Crippen LogP contribution in [0.4, 0.5) is 10.5 Å². The monoisotopic (exact) mass is 267 g/mol. The lowest BCUT2D eigenvalue weighted by Crippen LogP contribution is -2.19. The Morgan fingerprint density at radius 3 is 2.50 bits per heavy atom. The van der Waals surface area contributed by atoms with Gasteiger partial charge in [0.1, 0.15) is 0 Å². The second-order valence-corrected chi connectivity index (χ2v) is 4.58. The second-order valence-electron chi connectivity index (χ2n) is 4.58. The third kappa shape index (κ3) is 2.09. The number of carbonyl (C=O) groups excluding carboxylic acids is 2. The molecule has 1 aliphatic heterocycles. The lowest BCUT2D eigenvalue weighted by atomic mass is 9.97. The minimum Gasteiger partial charge on any atom is -0.351 e. The molecule has 0 saturated carbocycles. The minimum atomic E-state index is -0.590. The molecular weight excluding hydrogens is 254 g/mol. The number of nitrogens with two attached hydrogens (primary N) is 1. The van der Waals surface area contributed by atoms with E-state index in [2.05, 4.69) is 10.6 Å². The third-order valence-electron chi connectivity index (χ3n) is 3.31. The summed E-state index contributed by atoms with van der Waals surface area (Å²) in [5, 5.41) is 5.34. The molecule has 0 fully saturated rings. The number of primary amides is 1. The van der Waals surface area contributed by atoms with Gasteiger partial charge in [-0.2, -0.15) is 0 Å². The summed E-state index contributed by atoms with van der Waals surface area (Å²) in [6.07, 6.45) is 0. The summed E-state index contributed by atoms with van der Waals surface area (Å²) in [6, 6.07) is 12.4. The van der Waals surface area contributed by atoms with Gasteiger partial charge >= 0.3 is 6.03 Å². The van der Waals surface area contributed by atoms with Gasteiger partial charge in [0.25, 0.3) is 5.91 Å². The van der Waals surface area contributed by atoms with Crippen LogP contribution in [0.1, 0.15) is 15.9 Å². The first-order valence-corrected chi connectivity index (χ1v) is 6.22. The lowest BCUT2D eigenvalue weighted by Gasteiger charge is -2.08. The van der Waals surface area contributed by atoms with E-state index >= 15 is 0 Å². The van der Waals surface area contributed by atoms with Crippen molar-refractivity contribution in [2.45, 2.75) is 6.54 Å². The maximum atomic E-state index is 11.7. The second kappa shape index (κ2) is 4.70. The quantitative estimate of drug-likeness (QED) is 0.778. The molecule has 0 bridgehead atoms. The molecule has 0 radical (unpaired) electrons. The molecule has 1 heterocycles. The molecule has 5 nitrogen and oxygen atoms in total. The summed E-state index contributed by atoms with van der Waals surface area (Å²) in [5.41, 5.74) is 9.45. The van der Waals surface area contributed by atoms with Gasteiger partial charge in [-0.1, -0.05) is 24.3 Å². The molecular formula is C15H13N3O2. The summed E-state index contributed by atoms with van der Waals surface area (Å²) < 4.78 is 0. The number of rotatable bonds is 2. The fraction of sp³-hybridized carbons (Fsp3) is 0.0667. The van der Waals surface area contributed by atoms with E-state index in [-0.39, 0.29) is 5.91 Å². The Morgan fingerprint density at radius 1 is 1.10 bits per heavy atom. The zero-order valence-electron chi connectivity index (χ0n) is 10.6. The first-order chi connectivity index (χ1) is 9.65. The van der Waals surface area contributed by atoms with Gasteiger partial charge in [0.2, 0.25) is 0 Å². The molecule has 1 aliphatic rings. The number of hydrogen-bond donors (Lipinski definition) is 3. The van der Waals surface area contributed by atoms with Crippen LogP contribution in [-0.2, 0) is 6.54 Å². The molecule has 0 atom stereocenters. The van der Waals surface area contributed by atoms with Crippen molar-refractivity contribution in [3.05, 3.63) is 53.6 Å². The van der Waals surface area contributed by atoms with Crippen LogP contribution >= 0.6 is 0 Å². The zero-order valence-corrected chi connectivity index (χ0v) is 10.6. The molecule has 0 saturated heterocycles. The summed E-state index contributed by atoms with van der Waals surface area (Å²) in [7, 11) is 0. The summed E-state index contributed by atoms with van der Waals surface area (Å²) in [6.45, 7) is 0.547. The third-order valence-corrected chi connectivity index (χ3v) is 3.31. The highest BCUT2D eigenvalue weighted by Gasteiger charge is 2.21. The van der Waals surface area contributed by atoms with Gasteiger partial charge in [-0.25, -0.2) is 4.79 Å². The maximum Gasteiger partial charge on any atom is 0.316 e.